The molecule has 2 aromatic carbocycles. The summed E-state index contributed by atoms with van der Waals surface area (Å²) >= 11 is 1.83. The lowest BCUT2D eigenvalue weighted by Crippen LogP contribution is -2.15. The lowest BCUT2D eigenvalue weighted by Gasteiger charge is -2.10. The molecule has 3 heteroatoms. The van der Waals surface area contributed by atoms with E-state index in [1.165, 1.54) is 17.7 Å². The molecule has 0 amide bonds. The Balaban J connectivity index is 1.48. The Morgan fingerprint density at radius 3 is 2.68 bits per heavy atom. The van der Waals surface area contributed by atoms with E-state index in [9.17, 15) is 4.39 Å². The van der Waals surface area contributed by atoms with E-state index >= 15 is 0 Å². The molecule has 3 rings (SSSR count). The van der Waals surface area contributed by atoms with Crippen LogP contribution < -0.4 is 4.74 Å². The molecular formula is C16H15FOS. The van der Waals surface area contributed by atoms with Crippen LogP contribution in [0.1, 0.15) is 11.1 Å². The van der Waals surface area contributed by atoms with E-state index in [-0.39, 0.29) is 11.9 Å². The SMILES string of the molecule is Fc1ccc(CSCC2Cc3ccccc3O2)cc1. The maximum absolute atomic E-state index is 12.8. The Labute approximate surface area is 116 Å². The summed E-state index contributed by atoms with van der Waals surface area (Å²) in [4.78, 5) is 0. The second-order valence-electron chi connectivity index (χ2n) is 4.69. The number of fused-ring (bicyclic) bond motifs is 1. The molecule has 0 spiro atoms. The maximum atomic E-state index is 12.8. The molecule has 1 aliphatic rings. The van der Waals surface area contributed by atoms with E-state index in [0.29, 0.717) is 0 Å². The summed E-state index contributed by atoms with van der Waals surface area (Å²) < 4.78 is 18.7. The highest BCUT2D eigenvalue weighted by Gasteiger charge is 2.21. The minimum atomic E-state index is -0.177. The number of rotatable bonds is 4. The molecule has 1 heterocycles. The molecule has 1 unspecified atom stereocenters. The molecule has 98 valence electrons. The summed E-state index contributed by atoms with van der Waals surface area (Å²) in [6.45, 7) is 0. The van der Waals surface area contributed by atoms with Gasteiger partial charge in [-0.15, -0.1) is 0 Å². The van der Waals surface area contributed by atoms with Crippen LogP contribution in [0.5, 0.6) is 5.75 Å². The van der Waals surface area contributed by atoms with E-state index < -0.39 is 0 Å². The van der Waals surface area contributed by atoms with E-state index in [4.69, 9.17) is 4.74 Å². The van der Waals surface area contributed by atoms with Crippen molar-refractivity contribution >= 4 is 11.8 Å². The zero-order valence-electron chi connectivity index (χ0n) is 10.5. The van der Waals surface area contributed by atoms with Crippen molar-refractivity contribution in [2.75, 3.05) is 5.75 Å². The molecule has 0 N–H and O–H groups in total. The highest BCUT2D eigenvalue weighted by molar-refractivity contribution is 7.98. The molecule has 1 aliphatic heterocycles. The number of benzene rings is 2. The van der Waals surface area contributed by atoms with Gasteiger partial charge < -0.3 is 4.74 Å². The minimum Gasteiger partial charge on any atom is -0.489 e. The van der Waals surface area contributed by atoms with Crippen molar-refractivity contribution in [2.24, 2.45) is 0 Å². The Kier molecular flexibility index (Phi) is 3.74. The first-order valence-electron chi connectivity index (χ1n) is 6.38. The van der Waals surface area contributed by atoms with E-state index in [1.54, 1.807) is 0 Å². The topological polar surface area (TPSA) is 9.23 Å². The molecule has 0 fully saturated rings. The second kappa shape index (κ2) is 5.66. The number of para-hydroxylation sites is 1. The lowest BCUT2D eigenvalue weighted by atomic mass is 10.1. The van der Waals surface area contributed by atoms with Gasteiger partial charge in [0.05, 0.1) is 0 Å². The van der Waals surface area contributed by atoms with Gasteiger partial charge in [0.1, 0.15) is 17.7 Å². The number of hydrogen-bond donors (Lipinski definition) is 0. The second-order valence-corrected chi connectivity index (χ2v) is 5.72. The number of halogens is 1. The molecule has 0 aliphatic carbocycles. The average Bonchev–Trinajstić information content (AvgIpc) is 2.83. The third-order valence-corrected chi connectivity index (χ3v) is 4.34. The highest BCUT2D eigenvalue weighted by atomic mass is 32.2. The molecule has 0 bridgehead atoms. The third-order valence-electron chi connectivity index (χ3n) is 3.20. The van der Waals surface area contributed by atoms with Gasteiger partial charge in [-0.25, -0.2) is 4.39 Å². The Morgan fingerprint density at radius 1 is 1.11 bits per heavy atom. The van der Waals surface area contributed by atoms with Crippen molar-refractivity contribution in [3.05, 3.63) is 65.5 Å². The maximum Gasteiger partial charge on any atom is 0.123 e. The molecule has 0 saturated heterocycles. The fourth-order valence-corrected chi connectivity index (χ4v) is 3.23. The van der Waals surface area contributed by atoms with E-state index in [1.807, 2.05) is 36.0 Å². The molecular weight excluding hydrogens is 259 g/mol. The van der Waals surface area contributed by atoms with E-state index in [0.717, 1.165) is 29.2 Å². The monoisotopic (exact) mass is 274 g/mol. The Morgan fingerprint density at radius 2 is 1.89 bits per heavy atom. The molecule has 1 atom stereocenters. The van der Waals surface area contributed by atoms with Gasteiger partial charge in [-0.1, -0.05) is 30.3 Å². The van der Waals surface area contributed by atoms with E-state index in [2.05, 4.69) is 12.1 Å². The van der Waals surface area contributed by atoms with Crippen LogP contribution in [0.4, 0.5) is 4.39 Å². The zero-order valence-corrected chi connectivity index (χ0v) is 11.3. The number of thioether (sulfide) groups is 1. The zero-order chi connectivity index (χ0) is 13.1. The van der Waals surface area contributed by atoms with Crippen molar-refractivity contribution in [3.63, 3.8) is 0 Å². The minimum absolute atomic E-state index is 0.177. The molecule has 2 aromatic rings. The first-order valence-corrected chi connectivity index (χ1v) is 7.53. The molecule has 0 aromatic heterocycles. The van der Waals surface area contributed by atoms with Crippen LogP contribution in [0.25, 0.3) is 0 Å². The summed E-state index contributed by atoms with van der Waals surface area (Å²) in [6.07, 6.45) is 1.26. The van der Waals surface area contributed by atoms with Gasteiger partial charge in [0.2, 0.25) is 0 Å². The molecule has 19 heavy (non-hydrogen) atoms. The van der Waals surface area contributed by atoms with Crippen molar-refractivity contribution in [1.82, 2.24) is 0 Å². The van der Waals surface area contributed by atoms with Crippen molar-refractivity contribution in [3.8, 4) is 5.75 Å². The van der Waals surface area contributed by atoms with Crippen LogP contribution in [-0.2, 0) is 12.2 Å². The van der Waals surface area contributed by atoms with Gasteiger partial charge in [0.15, 0.2) is 0 Å². The summed E-state index contributed by atoms with van der Waals surface area (Å²) in [6, 6.07) is 14.9. The summed E-state index contributed by atoms with van der Waals surface area (Å²) in [5.74, 6) is 2.71. The van der Waals surface area contributed by atoms with Gasteiger partial charge in [0, 0.05) is 17.9 Å². The van der Waals surface area contributed by atoms with Crippen LogP contribution in [0.15, 0.2) is 48.5 Å². The summed E-state index contributed by atoms with van der Waals surface area (Å²) in [5, 5.41) is 0. The predicted molar refractivity (Wildman–Crippen MR) is 77.1 cm³/mol. The Bertz CT molecular complexity index is 528. The summed E-state index contributed by atoms with van der Waals surface area (Å²) in [5.41, 5.74) is 2.46. The van der Waals surface area contributed by atoms with Crippen LogP contribution >= 0.6 is 11.8 Å². The van der Waals surface area contributed by atoms with Crippen LogP contribution in [-0.4, -0.2) is 11.9 Å². The van der Waals surface area contributed by atoms with Crippen LogP contribution in [0.3, 0.4) is 0 Å². The van der Waals surface area contributed by atoms with Gasteiger partial charge in [-0.3, -0.25) is 0 Å². The van der Waals surface area contributed by atoms with Gasteiger partial charge >= 0.3 is 0 Å². The molecule has 0 saturated carbocycles. The fraction of sp³-hybridized carbons (Fsp3) is 0.250. The molecule has 0 radical (unpaired) electrons. The Hall–Kier alpha value is -1.48. The van der Waals surface area contributed by atoms with Gasteiger partial charge in [0.25, 0.3) is 0 Å². The fourth-order valence-electron chi connectivity index (χ4n) is 2.24. The lowest BCUT2D eigenvalue weighted by molar-refractivity contribution is 0.259. The quantitative estimate of drug-likeness (QED) is 0.831. The third kappa shape index (κ3) is 3.10. The van der Waals surface area contributed by atoms with Crippen LogP contribution in [0, 0.1) is 5.82 Å². The largest absolute Gasteiger partial charge is 0.489 e. The highest BCUT2D eigenvalue weighted by Crippen LogP contribution is 2.30. The molecule has 1 nitrogen and oxygen atoms in total. The van der Waals surface area contributed by atoms with Crippen molar-refractivity contribution in [1.29, 1.82) is 0 Å². The standard InChI is InChI=1S/C16H15FOS/c17-14-7-5-12(6-8-14)10-19-11-15-9-13-3-1-2-4-16(13)18-15/h1-8,15H,9-11H2. The van der Waals surface area contributed by atoms with Gasteiger partial charge in [-0.2, -0.15) is 11.8 Å². The van der Waals surface area contributed by atoms with Crippen LogP contribution in [0.2, 0.25) is 0 Å². The van der Waals surface area contributed by atoms with Crippen molar-refractivity contribution < 1.29 is 9.13 Å². The van der Waals surface area contributed by atoms with Crippen molar-refractivity contribution in [2.45, 2.75) is 18.3 Å². The smallest absolute Gasteiger partial charge is 0.123 e. The number of ether oxygens (including phenoxy) is 1. The first-order chi connectivity index (χ1) is 9.31. The first kappa shape index (κ1) is 12.5. The summed E-state index contributed by atoms with van der Waals surface area (Å²) in [7, 11) is 0. The predicted octanol–water partition coefficient (Wildman–Crippen LogP) is 4.06. The average molecular weight is 274 g/mol. The normalized spacial score (nSPS) is 17.0. The van der Waals surface area contributed by atoms with Gasteiger partial charge in [-0.05, 0) is 29.3 Å². The number of hydrogen-bond acceptors (Lipinski definition) is 2.